The van der Waals surface area contributed by atoms with Crippen LogP contribution in [0.3, 0.4) is 0 Å². The monoisotopic (exact) mass is 310 g/mol. The summed E-state index contributed by atoms with van der Waals surface area (Å²) >= 11 is 6.15. The summed E-state index contributed by atoms with van der Waals surface area (Å²) in [5, 5.41) is 6.07. The second-order valence-electron chi connectivity index (χ2n) is 5.33. The van der Waals surface area contributed by atoms with E-state index in [1.54, 1.807) is 24.1 Å². The van der Waals surface area contributed by atoms with Gasteiger partial charge < -0.3 is 20.4 Å². The minimum absolute atomic E-state index is 0.0404. The highest BCUT2D eigenvalue weighted by Gasteiger charge is 2.27. The average molecular weight is 311 g/mol. The Morgan fingerprint density at radius 1 is 1.43 bits per heavy atom. The van der Waals surface area contributed by atoms with Crippen molar-refractivity contribution in [3.8, 4) is 0 Å². The van der Waals surface area contributed by atoms with E-state index in [-0.39, 0.29) is 18.0 Å². The van der Waals surface area contributed by atoms with E-state index in [9.17, 15) is 9.59 Å². The van der Waals surface area contributed by atoms with Crippen LogP contribution >= 0.6 is 11.6 Å². The molecule has 1 fully saturated rings. The highest BCUT2D eigenvalue weighted by molar-refractivity contribution is 6.33. The maximum atomic E-state index is 11.9. The largest absolute Gasteiger partial charge is 0.376 e. The van der Waals surface area contributed by atoms with Gasteiger partial charge in [-0.05, 0) is 18.2 Å². The lowest BCUT2D eigenvalue weighted by Crippen LogP contribution is -2.39. The Labute approximate surface area is 129 Å². The second-order valence-corrected chi connectivity index (χ2v) is 5.74. The average Bonchev–Trinajstić information content (AvgIpc) is 2.67. The number of likely N-dealkylation sites (N-methyl/N-ethyl adjacent to an activating group) is 1. The first kappa shape index (κ1) is 15.4. The van der Waals surface area contributed by atoms with Crippen molar-refractivity contribution in [2.45, 2.75) is 12.5 Å². The Kier molecular flexibility index (Phi) is 4.57. The van der Waals surface area contributed by atoms with Crippen LogP contribution in [0.2, 0.25) is 5.02 Å². The topological polar surface area (TPSA) is 64.7 Å². The molecule has 1 aliphatic heterocycles. The molecule has 6 nitrogen and oxygen atoms in total. The van der Waals surface area contributed by atoms with Crippen LogP contribution in [-0.4, -0.2) is 50.6 Å². The van der Waals surface area contributed by atoms with Gasteiger partial charge in [0.2, 0.25) is 5.91 Å². The third-order valence-corrected chi connectivity index (χ3v) is 3.67. The molecule has 1 aromatic carbocycles. The summed E-state index contributed by atoms with van der Waals surface area (Å²) in [5.74, 6) is 0.0404. The number of benzene rings is 1. The van der Waals surface area contributed by atoms with Crippen molar-refractivity contribution in [2.24, 2.45) is 0 Å². The first-order chi connectivity index (χ1) is 9.86. The number of rotatable bonds is 3. The summed E-state index contributed by atoms with van der Waals surface area (Å²) in [5.41, 5.74) is 1.49. The molecule has 2 rings (SSSR count). The standard InChI is InChI=1S/C14H19ClN4O2/c1-18(2)12-5-4-9(6-11(12)15)16-14(21)17-10-7-13(20)19(3)8-10/h4-6,10H,7-8H2,1-3H3,(H2,16,17,21)/t10-/m1/s1. The highest BCUT2D eigenvalue weighted by atomic mass is 35.5. The van der Waals surface area contributed by atoms with Crippen LogP contribution in [0.15, 0.2) is 18.2 Å². The predicted molar refractivity (Wildman–Crippen MR) is 84.0 cm³/mol. The van der Waals surface area contributed by atoms with E-state index >= 15 is 0 Å². The van der Waals surface area contributed by atoms with E-state index in [4.69, 9.17) is 11.6 Å². The Bertz CT molecular complexity index is 562. The normalized spacial score (nSPS) is 17.8. The zero-order valence-corrected chi connectivity index (χ0v) is 13.1. The molecule has 21 heavy (non-hydrogen) atoms. The maximum absolute atomic E-state index is 11.9. The van der Waals surface area contributed by atoms with Gasteiger partial charge in [-0.25, -0.2) is 4.79 Å². The van der Waals surface area contributed by atoms with Crippen molar-refractivity contribution in [1.29, 1.82) is 0 Å². The molecule has 1 heterocycles. The minimum Gasteiger partial charge on any atom is -0.376 e. The van der Waals surface area contributed by atoms with Gasteiger partial charge in [-0.1, -0.05) is 11.6 Å². The van der Waals surface area contributed by atoms with Crippen molar-refractivity contribution in [2.75, 3.05) is 37.9 Å². The highest BCUT2D eigenvalue weighted by Crippen LogP contribution is 2.27. The zero-order valence-electron chi connectivity index (χ0n) is 12.3. The van der Waals surface area contributed by atoms with E-state index in [1.165, 1.54) is 0 Å². The fraction of sp³-hybridized carbons (Fsp3) is 0.429. The lowest BCUT2D eigenvalue weighted by molar-refractivity contribution is -0.126. The summed E-state index contributed by atoms with van der Waals surface area (Å²) in [6.45, 7) is 0.534. The molecule has 114 valence electrons. The molecule has 0 saturated carbocycles. The van der Waals surface area contributed by atoms with Gasteiger partial charge in [0.25, 0.3) is 0 Å². The van der Waals surface area contributed by atoms with Crippen LogP contribution in [0.1, 0.15) is 6.42 Å². The van der Waals surface area contributed by atoms with Crippen LogP contribution in [0.25, 0.3) is 0 Å². The second kappa shape index (κ2) is 6.22. The number of carbonyl (C=O) groups excluding carboxylic acids is 2. The van der Waals surface area contributed by atoms with Gasteiger partial charge in [0.05, 0.1) is 16.8 Å². The number of nitrogens with one attached hydrogen (secondary N) is 2. The first-order valence-corrected chi connectivity index (χ1v) is 7.03. The lowest BCUT2D eigenvalue weighted by Gasteiger charge is -2.16. The molecular weight excluding hydrogens is 292 g/mol. The number of anilines is 2. The predicted octanol–water partition coefficient (Wildman–Crippen LogP) is 1.76. The molecule has 1 saturated heterocycles. The molecule has 3 amide bonds. The molecule has 0 aromatic heterocycles. The molecule has 0 radical (unpaired) electrons. The number of likely N-dealkylation sites (tertiary alicyclic amines) is 1. The number of amides is 3. The number of hydrogen-bond acceptors (Lipinski definition) is 3. The van der Waals surface area contributed by atoms with Crippen molar-refractivity contribution in [1.82, 2.24) is 10.2 Å². The Balaban J connectivity index is 1.94. The first-order valence-electron chi connectivity index (χ1n) is 6.65. The molecule has 0 bridgehead atoms. The Hall–Kier alpha value is -1.95. The van der Waals surface area contributed by atoms with Crippen LogP contribution in [-0.2, 0) is 4.79 Å². The number of nitrogens with zero attached hydrogens (tertiary/aromatic N) is 2. The summed E-state index contributed by atoms with van der Waals surface area (Å²) in [4.78, 5) is 26.8. The van der Waals surface area contributed by atoms with Gasteiger partial charge >= 0.3 is 6.03 Å². The SMILES string of the molecule is CN1C[C@H](NC(=O)Nc2ccc(N(C)C)c(Cl)c2)CC1=O. The molecular formula is C14H19ClN4O2. The summed E-state index contributed by atoms with van der Waals surface area (Å²) in [7, 11) is 5.52. The summed E-state index contributed by atoms with van der Waals surface area (Å²) in [6.07, 6.45) is 0.338. The van der Waals surface area contributed by atoms with E-state index in [2.05, 4.69) is 10.6 Å². The van der Waals surface area contributed by atoms with E-state index in [0.29, 0.717) is 23.7 Å². The molecule has 1 aromatic rings. The number of halogens is 1. The zero-order chi connectivity index (χ0) is 15.6. The van der Waals surface area contributed by atoms with Gasteiger partial charge in [0.1, 0.15) is 0 Å². The number of hydrogen-bond donors (Lipinski definition) is 2. The molecule has 1 atom stereocenters. The van der Waals surface area contributed by atoms with Crippen molar-refractivity contribution in [3.63, 3.8) is 0 Å². The van der Waals surface area contributed by atoms with E-state index < -0.39 is 0 Å². The summed E-state index contributed by atoms with van der Waals surface area (Å²) in [6, 6.07) is 4.83. The third kappa shape index (κ3) is 3.78. The van der Waals surface area contributed by atoms with Crippen LogP contribution in [0.4, 0.5) is 16.2 Å². The number of urea groups is 1. The smallest absolute Gasteiger partial charge is 0.319 e. The molecule has 0 unspecified atom stereocenters. The van der Waals surface area contributed by atoms with Crippen molar-refractivity contribution >= 4 is 34.9 Å². The maximum Gasteiger partial charge on any atom is 0.319 e. The van der Waals surface area contributed by atoms with Crippen LogP contribution < -0.4 is 15.5 Å². The Morgan fingerprint density at radius 2 is 2.14 bits per heavy atom. The van der Waals surface area contributed by atoms with Gasteiger partial charge in [0, 0.05) is 39.8 Å². The van der Waals surface area contributed by atoms with E-state index in [1.807, 2.05) is 25.1 Å². The fourth-order valence-electron chi connectivity index (χ4n) is 2.26. The minimum atomic E-state index is -0.336. The van der Waals surface area contributed by atoms with Crippen LogP contribution in [0, 0.1) is 0 Å². The van der Waals surface area contributed by atoms with Gasteiger partial charge in [-0.2, -0.15) is 0 Å². The molecule has 1 aliphatic rings. The molecule has 0 spiro atoms. The molecule has 0 aliphatic carbocycles. The lowest BCUT2D eigenvalue weighted by atomic mass is 10.2. The van der Waals surface area contributed by atoms with Gasteiger partial charge in [-0.3, -0.25) is 4.79 Å². The Morgan fingerprint density at radius 3 is 2.67 bits per heavy atom. The molecule has 7 heteroatoms. The van der Waals surface area contributed by atoms with Gasteiger partial charge in [-0.15, -0.1) is 0 Å². The van der Waals surface area contributed by atoms with Crippen molar-refractivity contribution in [3.05, 3.63) is 23.2 Å². The fourth-order valence-corrected chi connectivity index (χ4v) is 2.61. The molecule has 2 N–H and O–H groups in total. The quantitative estimate of drug-likeness (QED) is 0.894. The summed E-state index contributed by atoms with van der Waals surface area (Å²) < 4.78 is 0. The van der Waals surface area contributed by atoms with Crippen LogP contribution in [0.5, 0.6) is 0 Å². The number of carbonyl (C=O) groups is 2. The third-order valence-electron chi connectivity index (χ3n) is 3.36. The van der Waals surface area contributed by atoms with Crippen molar-refractivity contribution < 1.29 is 9.59 Å². The van der Waals surface area contributed by atoms with Gasteiger partial charge in [0.15, 0.2) is 0 Å². The van der Waals surface area contributed by atoms with E-state index in [0.717, 1.165) is 5.69 Å².